The number of aryl methyl sites for hydroxylation is 3. The molecule has 1 heterocycles. The number of nitrogens with zero attached hydrogens (tertiary/aromatic N) is 2. The molecule has 0 atom stereocenters. The number of hydrogen-bond acceptors (Lipinski definition) is 6. The van der Waals surface area contributed by atoms with Crippen LogP contribution in [-0.4, -0.2) is 24.2 Å². The maximum atomic E-state index is 12.2. The van der Waals surface area contributed by atoms with E-state index in [0.29, 0.717) is 28.7 Å². The fourth-order valence-electron chi connectivity index (χ4n) is 2.69. The monoisotopic (exact) mass is 409 g/mol. The van der Waals surface area contributed by atoms with Crippen LogP contribution in [0, 0.1) is 20.8 Å². The van der Waals surface area contributed by atoms with Gasteiger partial charge in [0, 0.05) is 0 Å². The van der Waals surface area contributed by atoms with Crippen LogP contribution in [0.15, 0.2) is 47.6 Å². The predicted molar refractivity (Wildman–Crippen MR) is 115 cm³/mol. The SMILES string of the molecule is COc1cc(/C=N/NC(=O)c2sc(C)nc2C)ccc1OCc1ccc(C)cc1. The van der Waals surface area contributed by atoms with Gasteiger partial charge in [-0.3, -0.25) is 4.79 Å². The first-order valence-electron chi connectivity index (χ1n) is 9.10. The highest BCUT2D eigenvalue weighted by molar-refractivity contribution is 7.13. The van der Waals surface area contributed by atoms with E-state index in [1.54, 1.807) is 13.3 Å². The summed E-state index contributed by atoms with van der Waals surface area (Å²) in [7, 11) is 1.59. The molecule has 150 valence electrons. The zero-order valence-electron chi connectivity index (χ0n) is 16.9. The quantitative estimate of drug-likeness (QED) is 0.463. The van der Waals surface area contributed by atoms with Crippen molar-refractivity contribution in [1.29, 1.82) is 0 Å². The molecule has 1 N–H and O–H groups in total. The Labute approximate surface area is 174 Å². The zero-order valence-corrected chi connectivity index (χ0v) is 17.7. The first kappa shape index (κ1) is 20.5. The van der Waals surface area contributed by atoms with E-state index >= 15 is 0 Å². The van der Waals surface area contributed by atoms with E-state index in [4.69, 9.17) is 9.47 Å². The Kier molecular flexibility index (Phi) is 6.61. The van der Waals surface area contributed by atoms with E-state index in [9.17, 15) is 4.79 Å². The number of hydrazone groups is 1. The second-order valence-corrected chi connectivity index (χ2v) is 7.73. The van der Waals surface area contributed by atoms with Gasteiger partial charge in [-0.05, 0) is 50.1 Å². The van der Waals surface area contributed by atoms with Crippen LogP contribution in [0.25, 0.3) is 0 Å². The summed E-state index contributed by atoms with van der Waals surface area (Å²) in [5, 5.41) is 4.88. The number of carbonyl (C=O) groups excluding carboxylic acids is 1. The predicted octanol–water partition coefficient (Wildman–Crippen LogP) is 4.42. The normalized spacial score (nSPS) is 10.9. The number of thiazole rings is 1. The minimum atomic E-state index is -0.269. The molecule has 29 heavy (non-hydrogen) atoms. The van der Waals surface area contributed by atoms with Crippen molar-refractivity contribution in [3.8, 4) is 11.5 Å². The van der Waals surface area contributed by atoms with Gasteiger partial charge >= 0.3 is 0 Å². The Bertz CT molecular complexity index is 1030. The van der Waals surface area contributed by atoms with Gasteiger partial charge in [0.1, 0.15) is 11.5 Å². The molecule has 6 nitrogen and oxygen atoms in total. The molecular formula is C22H23N3O3S. The average Bonchev–Trinajstić information content (AvgIpc) is 3.06. The first-order valence-corrected chi connectivity index (χ1v) is 9.91. The summed E-state index contributed by atoms with van der Waals surface area (Å²) in [6, 6.07) is 13.7. The Hall–Kier alpha value is -3.19. The van der Waals surface area contributed by atoms with Crippen molar-refractivity contribution in [2.24, 2.45) is 5.10 Å². The number of hydrogen-bond donors (Lipinski definition) is 1. The van der Waals surface area contributed by atoms with Gasteiger partial charge in [-0.1, -0.05) is 29.8 Å². The maximum absolute atomic E-state index is 12.2. The number of aromatic nitrogens is 1. The number of carbonyl (C=O) groups is 1. The molecule has 3 aromatic rings. The number of ether oxygens (including phenoxy) is 2. The van der Waals surface area contributed by atoms with Crippen LogP contribution in [0.3, 0.4) is 0 Å². The highest BCUT2D eigenvalue weighted by atomic mass is 32.1. The smallest absolute Gasteiger partial charge is 0.283 e. The number of methoxy groups -OCH3 is 1. The molecule has 0 saturated heterocycles. The number of amides is 1. The van der Waals surface area contributed by atoms with Crippen molar-refractivity contribution >= 4 is 23.5 Å². The third-order valence-electron chi connectivity index (χ3n) is 4.19. The minimum absolute atomic E-state index is 0.269. The second kappa shape index (κ2) is 9.34. The number of benzene rings is 2. The molecule has 0 saturated carbocycles. The van der Waals surface area contributed by atoms with Crippen LogP contribution in [0.4, 0.5) is 0 Å². The van der Waals surface area contributed by atoms with Crippen LogP contribution < -0.4 is 14.9 Å². The third kappa shape index (κ3) is 5.42. The lowest BCUT2D eigenvalue weighted by Gasteiger charge is -2.11. The molecular weight excluding hydrogens is 386 g/mol. The number of rotatable bonds is 7. The van der Waals surface area contributed by atoms with Gasteiger partial charge in [0.25, 0.3) is 5.91 Å². The Morgan fingerprint density at radius 2 is 1.90 bits per heavy atom. The summed E-state index contributed by atoms with van der Waals surface area (Å²) in [5.41, 5.74) is 6.31. The molecule has 0 bridgehead atoms. The molecule has 7 heteroatoms. The molecule has 0 aliphatic heterocycles. The highest BCUT2D eigenvalue weighted by Gasteiger charge is 2.12. The van der Waals surface area contributed by atoms with Crippen molar-refractivity contribution in [1.82, 2.24) is 10.4 Å². The molecule has 2 aromatic carbocycles. The van der Waals surface area contributed by atoms with E-state index in [2.05, 4.69) is 34.6 Å². The van der Waals surface area contributed by atoms with E-state index < -0.39 is 0 Å². The Balaban J connectivity index is 1.63. The number of nitrogens with one attached hydrogen (secondary N) is 1. The summed E-state index contributed by atoms with van der Waals surface area (Å²) in [6.07, 6.45) is 1.56. The van der Waals surface area contributed by atoms with Crippen LogP contribution in [0.1, 0.15) is 37.1 Å². The van der Waals surface area contributed by atoms with Crippen LogP contribution >= 0.6 is 11.3 Å². The summed E-state index contributed by atoms with van der Waals surface area (Å²) in [5.74, 6) is 0.973. The molecule has 0 unspecified atom stereocenters. The first-order chi connectivity index (χ1) is 14.0. The van der Waals surface area contributed by atoms with Crippen molar-refractivity contribution < 1.29 is 14.3 Å². The average molecular weight is 410 g/mol. The lowest BCUT2D eigenvalue weighted by atomic mass is 10.2. The largest absolute Gasteiger partial charge is 0.493 e. The molecule has 0 aliphatic rings. The van der Waals surface area contributed by atoms with Crippen molar-refractivity contribution in [3.63, 3.8) is 0 Å². The lowest BCUT2D eigenvalue weighted by molar-refractivity contribution is 0.0958. The third-order valence-corrected chi connectivity index (χ3v) is 5.26. The van der Waals surface area contributed by atoms with Gasteiger partial charge in [0.05, 0.1) is 24.0 Å². The second-order valence-electron chi connectivity index (χ2n) is 6.53. The Morgan fingerprint density at radius 3 is 2.55 bits per heavy atom. The van der Waals surface area contributed by atoms with Crippen LogP contribution in [0.5, 0.6) is 11.5 Å². The minimum Gasteiger partial charge on any atom is -0.493 e. The lowest BCUT2D eigenvalue weighted by Crippen LogP contribution is -2.17. The van der Waals surface area contributed by atoms with Crippen molar-refractivity contribution in [2.75, 3.05) is 7.11 Å². The highest BCUT2D eigenvalue weighted by Crippen LogP contribution is 2.28. The van der Waals surface area contributed by atoms with Gasteiger partial charge in [0.15, 0.2) is 11.5 Å². The fraction of sp³-hybridized carbons (Fsp3) is 0.227. The molecule has 1 amide bonds. The molecule has 0 aliphatic carbocycles. The molecule has 0 radical (unpaired) electrons. The summed E-state index contributed by atoms with van der Waals surface area (Å²) >= 11 is 1.35. The standard InChI is InChI=1S/C22H23N3O3S/c1-14-5-7-17(8-6-14)13-28-19-10-9-18(11-20(19)27-4)12-23-25-22(26)21-15(2)24-16(3)29-21/h5-12H,13H2,1-4H3,(H,25,26)/b23-12+. The van der Waals surface area contributed by atoms with E-state index in [1.807, 2.05) is 44.2 Å². The van der Waals surface area contributed by atoms with Gasteiger partial charge in [0.2, 0.25) is 0 Å². The van der Waals surface area contributed by atoms with Crippen LogP contribution in [-0.2, 0) is 6.61 Å². The molecule has 0 fully saturated rings. The molecule has 3 rings (SSSR count). The Morgan fingerprint density at radius 1 is 1.14 bits per heavy atom. The van der Waals surface area contributed by atoms with E-state index in [1.165, 1.54) is 16.9 Å². The van der Waals surface area contributed by atoms with E-state index in [0.717, 1.165) is 16.1 Å². The van der Waals surface area contributed by atoms with Crippen molar-refractivity contribution in [2.45, 2.75) is 27.4 Å². The van der Waals surface area contributed by atoms with Gasteiger partial charge in [-0.25, -0.2) is 10.4 Å². The zero-order chi connectivity index (χ0) is 20.8. The van der Waals surface area contributed by atoms with Gasteiger partial charge in [-0.2, -0.15) is 5.10 Å². The summed E-state index contributed by atoms with van der Waals surface area (Å²) in [4.78, 5) is 17.0. The molecule has 0 spiro atoms. The molecule has 1 aromatic heterocycles. The van der Waals surface area contributed by atoms with Gasteiger partial charge < -0.3 is 9.47 Å². The summed E-state index contributed by atoms with van der Waals surface area (Å²) in [6.45, 7) is 6.18. The topological polar surface area (TPSA) is 72.8 Å². The van der Waals surface area contributed by atoms with E-state index in [-0.39, 0.29) is 5.91 Å². The summed E-state index contributed by atoms with van der Waals surface area (Å²) < 4.78 is 11.3. The van der Waals surface area contributed by atoms with Crippen molar-refractivity contribution in [3.05, 3.63) is 74.7 Å². The van der Waals surface area contributed by atoms with Crippen LogP contribution in [0.2, 0.25) is 0 Å². The maximum Gasteiger partial charge on any atom is 0.283 e. The van der Waals surface area contributed by atoms with Gasteiger partial charge in [-0.15, -0.1) is 11.3 Å². The fourth-order valence-corrected chi connectivity index (χ4v) is 3.50.